The van der Waals surface area contributed by atoms with Crippen molar-refractivity contribution in [2.45, 2.75) is 33.4 Å². The van der Waals surface area contributed by atoms with Crippen molar-refractivity contribution in [2.75, 3.05) is 46.5 Å². The van der Waals surface area contributed by atoms with Gasteiger partial charge >= 0.3 is 0 Å². The van der Waals surface area contributed by atoms with Crippen LogP contribution in [-0.2, 0) is 22.6 Å². The van der Waals surface area contributed by atoms with Crippen molar-refractivity contribution < 1.29 is 14.6 Å². The monoisotopic (exact) mass is 350 g/mol. The van der Waals surface area contributed by atoms with Crippen LogP contribution in [0.2, 0.25) is 0 Å². The molecule has 0 aromatic carbocycles. The van der Waals surface area contributed by atoms with Gasteiger partial charge in [0.25, 0.3) is 0 Å². The van der Waals surface area contributed by atoms with E-state index in [-0.39, 0.29) is 24.5 Å². The SMILES string of the molecule is CCn1cc(CN2CC[C@H]3CN(C(=O)COC)C[C@@]3(CO)C2)c(C)n1. The Morgan fingerprint density at radius 3 is 2.92 bits per heavy atom. The molecule has 25 heavy (non-hydrogen) atoms. The molecule has 3 heterocycles. The highest BCUT2D eigenvalue weighted by molar-refractivity contribution is 5.77. The molecule has 0 bridgehead atoms. The highest BCUT2D eigenvalue weighted by Crippen LogP contribution is 2.42. The molecule has 0 spiro atoms. The second-order valence-corrected chi connectivity index (χ2v) is 7.52. The summed E-state index contributed by atoms with van der Waals surface area (Å²) in [6.07, 6.45) is 3.13. The number of fused-ring (bicyclic) bond motifs is 1. The van der Waals surface area contributed by atoms with E-state index in [1.165, 1.54) is 5.56 Å². The van der Waals surface area contributed by atoms with E-state index in [0.717, 1.165) is 44.8 Å². The van der Waals surface area contributed by atoms with Gasteiger partial charge in [-0.25, -0.2) is 0 Å². The number of hydrogen-bond acceptors (Lipinski definition) is 5. The number of carbonyl (C=O) groups excluding carboxylic acids is 1. The summed E-state index contributed by atoms with van der Waals surface area (Å²) in [4.78, 5) is 16.5. The van der Waals surface area contributed by atoms with Crippen LogP contribution in [0.15, 0.2) is 6.20 Å². The number of ether oxygens (including phenoxy) is 1. The molecule has 7 nitrogen and oxygen atoms in total. The summed E-state index contributed by atoms with van der Waals surface area (Å²) in [5.41, 5.74) is 2.11. The summed E-state index contributed by atoms with van der Waals surface area (Å²) >= 11 is 0. The predicted octanol–water partition coefficient (Wildman–Crippen LogP) is 0.501. The molecule has 2 saturated heterocycles. The first-order valence-corrected chi connectivity index (χ1v) is 9.14. The number of hydrogen-bond donors (Lipinski definition) is 1. The van der Waals surface area contributed by atoms with Gasteiger partial charge in [-0.3, -0.25) is 14.4 Å². The van der Waals surface area contributed by atoms with Gasteiger partial charge in [0.1, 0.15) is 6.61 Å². The van der Waals surface area contributed by atoms with Crippen LogP contribution in [0.25, 0.3) is 0 Å². The molecule has 1 N–H and O–H groups in total. The Morgan fingerprint density at radius 2 is 2.28 bits per heavy atom. The largest absolute Gasteiger partial charge is 0.396 e. The maximum Gasteiger partial charge on any atom is 0.248 e. The fourth-order valence-corrected chi connectivity index (χ4v) is 4.36. The lowest BCUT2D eigenvalue weighted by Crippen LogP contribution is -2.50. The van der Waals surface area contributed by atoms with E-state index < -0.39 is 0 Å². The molecular weight excluding hydrogens is 320 g/mol. The molecule has 2 aliphatic heterocycles. The Balaban J connectivity index is 1.69. The molecule has 0 saturated carbocycles. The second kappa shape index (κ2) is 7.43. The van der Waals surface area contributed by atoms with Gasteiger partial charge in [-0.2, -0.15) is 5.10 Å². The lowest BCUT2D eigenvalue weighted by atomic mass is 9.74. The number of amides is 1. The predicted molar refractivity (Wildman–Crippen MR) is 94.0 cm³/mol. The standard InChI is InChI=1S/C18H30N4O3/c1-4-22-8-15(14(2)19-22)7-20-6-5-16-9-21(17(24)10-25-3)12-18(16,11-20)13-23/h8,16,23H,4-7,9-13H2,1-3H3/t16-,18+/m0/s1. The lowest BCUT2D eigenvalue weighted by molar-refractivity contribution is -0.134. The zero-order chi connectivity index (χ0) is 18.0. The van der Waals surface area contributed by atoms with Gasteiger partial charge in [-0.1, -0.05) is 0 Å². The van der Waals surface area contributed by atoms with Gasteiger partial charge < -0.3 is 14.7 Å². The third-order valence-corrected chi connectivity index (χ3v) is 5.85. The summed E-state index contributed by atoms with van der Waals surface area (Å²) in [5, 5.41) is 14.7. The molecule has 140 valence electrons. The molecule has 1 amide bonds. The number of aromatic nitrogens is 2. The third-order valence-electron chi connectivity index (χ3n) is 5.85. The summed E-state index contributed by atoms with van der Waals surface area (Å²) < 4.78 is 6.96. The first-order chi connectivity index (χ1) is 12.0. The van der Waals surface area contributed by atoms with Crippen LogP contribution in [-0.4, -0.2) is 77.1 Å². The number of aryl methyl sites for hydroxylation is 2. The molecule has 2 atom stereocenters. The molecule has 3 rings (SSSR count). The van der Waals surface area contributed by atoms with E-state index in [4.69, 9.17) is 4.74 Å². The lowest BCUT2D eigenvalue weighted by Gasteiger charge is -2.43. The molecule has 2 aliphatic rings. The van der Waals surface area contributed by atoms with Gasteiger partial charge in [0, 0.05) is 57.0 Å². The fourth-order valence-electron chi connectivity index (χ4n) is 4.36. The number of aliphatic hydroxyl groups excluding tert-OH is 1. The van der Waals surface area contributed by atoms with Crippen LogP contribution in [0.3, 0.4) is 0 Å². The zero-order valence-electron chi connectivity index (χ0n) is 15.6. The van der Waals surface area contributed by atoms with Crippen molar-refractivity contribution in [3.8, 4) is 0 Å². The van der Waals surface area contributed by atoms with E-state index >= 15 is 0 Å². The van der Waals surface area contributed by atoms with Crippen molar-refractivity contribution >= 4 is 5.91 Å². The Labute approximate surface area is 149 Å². The summed E-state index contributed by atoms with van der Waals surface area (Å²) in [5.74, 6) is 0.394. The number of rotatable bonds is 6. The van der Waals surface area contributed by atoms with Gasteiger partial charge in [0.15, 0.2) is 0 Å². The van der Waals surface area contributed by atoms with Gasteiger partial charge in [-0.15, -0.1) is 0 Å². The first-order valence-electron chi connectivity index (χ1n) is 9.14. The van der Waals surface area contributed by atoms with Crippen molar-refractivity contribution in [1.82, 2.24) is 19.6 Å². The molecule has 0 unspecified atom stereocenters. The zero-order valence-corrected chi connectivity index (χ0v) is 15.6. The quantitative estimate of drug-likeness (QED) is 0.809. The molecule has 0 radical (unpaired) electrons. The van der Waals surface area contributed by atoms with Gasteiger partial charge in [-0.05, 0) is 32.7 Å². The molecular formula is C18H30N4O3. The Hall–Kier alpha value is -1.44. The van der Waals surface area contributed by atoms with Crippen molar-refractivity contribution in [2.24, 2.45) is 11.3 Å². The van der Waals surface area contributed by atoms with Crippen molar-refractivity contribution in [3.63, 3.8) is 0 Å². The maximum absolute atomic E-state index is 12.2. The number of nitrogens with zero attached hydrogens (tertiary/aromatic N) is 4. The van der Waals surface area contributed by atoms with Crippen LogP contribution < -0.4 is 0 Å². The van der Waals surface area contributed by atoms with E-state index in [0.29, 0.717) is 12.5 Å². The average molecular weight is 350 g/mol. The third kappa shape index (κ3) is 3.59. The summed E-state index contributed by atoms with van der Waals surface area (Å²) in [6, 6.07) is 0. The minimum atomic E-state index is -0.212. The van der Waals surface area contributed by atoms with E-state index in [9.17, 15) is 9.90 Å². The Kier molecular flexibility index (Phi) is 5.46. The number of carbonyl (C=O) groups is 1. The summed E-state index contributed by atoms with van der Waals surface area (Å²) in [7, 11) is 1.55. The number of aliphatic hydroxyl groups is 1. The minimum Gasteiger partial charge on any atom is -0.396 e. The second-order valence-electron chi connectivity index (χ2n) is 7.52. The average Bonchev–Trinajstić information content (AvgIpc) is 3.16. The molecule has 1 aromatic heterocycles. The Morgan fingerprint density at radius 1 is 1.48 bits per heavy atom. The topological polar surface area (TPSA) is 70.8 Å². The van der Waals surface area contributed by atoms with Crippen molar-refractivity contribution in [3.05, 3.63) is 17.5 Å². The van der Waals surface area contributed by atoms with E-state index in [2.05, 4.69) is 30.0 Å². The van der Waals surface area contributed by atoms with E-state index in [1.54, 1.807) is 7.11 Å². The fraction of sp³-hybridized carbons (Fsp3) is 0.778. The van der Waals surface area contributed by atoms with Gasteiger partial charge in [0.2, 0.25) is 5.91 Å². The summed E-state index contributed by atoms with van der Waals surface area (Å²) in [6.45, 7) is 9.29. The smallest absolute Gasteiger partial charge is 0.248 e. The van der Waals surface area contributed by atoms with Crippen LogP contribution >= 0.6 is 0 Å². The highest BCUT2D eigenvalue weighted by atomic mass is 16.5. The Bertz CT molecular complexity index is 617. The highest BCUT2D eigenvalue weighted by Gasteiger charge is 2.50. The first kappa shape index (κ1) is 18.4. The maximum atomic E-state index is 12.2. The van der Waals surface area contributed by atoms with Crippen LogP contribution in [0, 0.1) is 18.3 Å². The van der Waals surface area contributed by atoms with Crippen LogP contribution in [0.4, 0.5) is 0 Å². The minimum absolute atomic E-state index is 0.0244. The number of methoxy groups -OCH3 is 1. The number of piperidine rings is 1. The van der Waals surface area contributed by atoms with Crippen LogP contribution in [0.1, 0.15) is 24.6 Å². The molecule has 0 aliphatic carbocycles. The number of likely N-dealkylation sites (tertiary alicyclic amines) is 2. The van der Waals surface area contributed by atoms with E-state index in [1.807, 2.05) is 9.58 Å². The van der Waals surface area contributed by atoms with Crippen LogP contribution in [0.5, 0.6) is 0 Å². The molecule has 2 fully saturated rings. The van der Waals surface area contributed by atoms with Gasteiger partial charge in [0.05, 0.1) is 12.3 Å². The molecule has 7 heteroatoms. The molecule has 1 aromatic rings. The van der Waals surface area contributed by atoms with Crippen molar-refractivity contribution in [1.29, 1.82) is 0 Å². The normalized spacial score (nSPS) is 26.9.